The molecular weight excluding hydrogens is 190 g/mol. The van der Waals surface area contributed by atoms with Gasteiger partial charge in [0.1, 0.15) is 0 Å². The summed E-state index contributed by atoms with van der Waals surface area (Å²) in [7, 11) is 0. The maximum absolute atomic E-state index is 5.34. The molecule has 1 aliphatic heterocycles. The van der Waals surface area contributed by atoms with Crippen LogP contribution in [0.15, 0.2) is 4.52 Å². The number of piperidine rings is 1. The quantitative estimate of drug-likeness (QED) is 0.766. The third kappa shape index (κ3) is 2.37. The van der Waals surface area contributed by atoms with Crippen LogP contribution in [0.5, 0.6) is 0 Å². The highest BCUT2D eigenvalue weighted by Crippen LogP contribution is 2.26. The Morgan fingerprint density at radius 3 is 2.47 bits per heavy atom. The predicted molar refractivity (Wildman–Crippen MR) is 57.8 cm³/mol. The molecule has 2 heterocycles. The predicted octanol–water partition coefficient (Wildman–Crippen LogP) is 1.83. The van der Waals surface area contributed by atoms with Crippen molar-refractivity contribution in [3.63, 3.8) is 0 Å². The van der Waals surface area contributed by atoms with Crippen LogP contribution in [0.4, 0.5) is 0 Å². The van der Waals surface area contributed by atoms with Gasteiger partial charge in [0.25, 0.3) is 0 Å². The summed E-state index contributed by atoms with van der Waals surface area (Å²) >= 11 is 0. The lowest BCUT2D eigenvalue weighted by atomic mass is 9.95. The van der Waals surface area contributed by atoms with Gasteiger partial charge in [-0.2, -0.15) is 4.98 Å². The third-order valence-corrected chi connectivity index (χ3v) is 2.80. The molecule has 0 amide bonds. The summed E-state index contributed by atoms with van der Waals surface area (Å²) in [4.78, 5) is 4.50. The Morgan fingerprint density at radius 1 is 1.27 bits per heavy atom. The fourth-order valence-corrected chi connectivity index (χ4v) is 1.77. The van der Waals surface area contributed by atoms with E-state index in [1.165, 1.54) is 0 Å². The van der Waals surface area contributed by atoms with E-state index in [0.717, 1.165) is 37.6 Å². The molecule has 0 bridgehead atoms. The molecule has 1 aliphatic rings. The van der Waals surface area contributed by atoms with E-state index in [2.05, 4.69) is 36.2 Å². The maximum Gasteiger partial charge on any atom is 0.229 e. The van der Waals surface area contributed by atoms with Gasteiger partial charge < -0.3 is 9.84 Å². The summed E-state index contributed by atoms with van der Waals surface area (Å²) in [6.45, 7) is 8.41. The molecule has 1 fully saturated rings. The average Bonchev–Trinajstić information content (AvgIpc) is 2.67. The van der Waals surface area contributed by atoms with Gasteiger partial charge >= 0.3 is 0 Å². The first-order chi connectivity index (χ1) is 7.07. The van der Waals surface area contributed by atoms with Crippen LogP contribution < -0.4 is 5.32 Å². The zero-order valence-corrected chi connectivity index (χ0v) is 9.71. The molecule has 0 spiro atoms. The number of hydrogen-bond donors (Lipinski definition) is 1. The fourth-order valence-electron chi connectivity index (χ4n) is 1.77. The Balaban J connectivity index is 2.12. The van der Waals surface area contributed by atoms with Crippen LogP contribution in [0, 0.1) is 0 Å². The summed E-state index contributed by atoms with van der Waals surface area (Å²) in [5.41, 5.74) is -0.0192. The van der Waals surface area contributed by atoms with Crippen LogP contribution >= 0.6 is 0 Å². The van der Waals surface area contributed by atoms with Gasteiger partial charge in [-0.3, -0.25) is 0 Å². The Hall–Kier alpha value is -0.900. The summed E-state index contributed by atoms with van der Waals surface area (Å²) < 4.78 is 5.34. The molecule has 0 atom stereocenters. The fraction of sp³-hybridized carbons (Fsp3) is 0.818. The van der Waals surface area contributed by atoms with Gasteiger partial charge in [0.15, 0.2) is 5.82 Å². The smallest absolute Gasteiger partial charge is 0.229 e. The van der Waals surface area contributed by atoms with Crippen molar-refractivity contribution in [2.24, 2.45) is 0 Å². The lowest BCUT2D eigenvalue weighted by molar-refractivity contribution is 0.315. The van der Waals surface area contributed by atoms with Crippen LogP contribution in [-0.4, -0.2) is 23.2 Å². The Bertz CT molecular complexity index is 321. The first kappa shape index (κ1) is 10.6. The maximum atomic E-state index is 5.34. The van der Waals surface area contributed by atoms with Crippen LogP contribution in [0.25, 0.3) is 0 Å². The lowest BCUT2D eigenvalue weighted by Crippen LogP contribution is -2.26. The second-order valence-electron chi connectivity index (χ2n) is 5.23. The highest BCUT2D eigenvalue weighted by atomic mass is 16.5. The van der Waals surface area contributed by atoms with Crippen LogP contribution in [0.3, 0.4) is 0 Å². The average molecular weight is 209 g/mol. The topological polar surface area (TPSA) is 51.0 Å². The van der Waals surface area contributed by atoms with E-state index in [1.807, 2.05) is 0 Å². The van der Waals surface area contributed by atoms with Gasteiger partial charge in [0.2, 0.25) is 5.89 Å². The Morgan fingerprint density at radius 2 is 1.93 bits per heavy atom. The number of rotatable bonds is 1. The second-order valence-corrected chi connectivity index (χ2v) is 5.23. The molecule has 0 unspecified atom stereocenters. The molecular formula is C11H19N3O. The van der Waals surface area contributed by atoms with Gasteiger partial charge in [0.05, 0.1) is 0 Å². The molecule has 4 nitrogen and oxygen atoms in total. The summed E-state index contributed by atoms with van der Waals surface area (Å²) in [6, 6.07) is 0. The van der Waals surface area contributed by atoms with Crippen molar-refractivity contribution in [2.45, 2.75) is 44.9 Å². The van der Waals surface area contributed by atoms with Crippen molar-refractivity contribution in [3.8, 4) is 0 Å². The molecule has 1 aromatic rings. The van der Waals surface area contributed by atoms with Gasteiger partial charge in [0, 0.05) is 11.3 Å². The number of aromatic nitrogens is 2. The molecule has 2 rings (SSSR count). The van der Waals surface area contributed by atoms with Crippen LogP contribution in [0.2, 0.25) is 0 Å². The minimum atomic E-state index is -0.0192. The van der Waals surface area contributed by atoms with E-state index in [-0.39, 0.29) is 5.41 Å². The minimum absolute atomic E-state index is 0.0192. The monoisotopic (exact) mass is 209 g/mol. The molecule has 0 aliphatic carbocycles. The Kier molecular flexibility index (Phi) is 2.78. The lowest BCUT2D eigenvalue weighted by Gasteiger charge is -2.18. The molecule has 84 valence electrons. The molecule has 0 radical (unpaired) electrons. The van der Waals surface area contributed by atoms with Crippen molar-refractivity contribution in [1.29, 1.82) is 0 Å². The van der Waals surface area contributed by atoms with Crippen LogP contribution in [0.1, 0.15) is 51.2 Å². The van der Waals surface area contributed by atoms with Crippen molar-refractivity contribution in [3.05, 3.63) is 11.7 Å². The van der Waals surface area contributed by atoms with Gasteiger partial charge in [-0.1, -0.05) is 25.9 Å². The van der Waals surface area contributed by atoms with E-state index >= 15 is 0 Å². The molecule has 15 heavy (non-hydrogen) atoms. The molecule has 0 saturated carbocycles. The van der Waals surface area contributed by atoms with Crippen molar-refractivity contribution in [1.82, 2.24) is 15.5 Å². The first-order valence-electron chi connectivity index (χ1n) is 5.62. The molecule has 4 heteroatoms. The SMILES string of the molecule is CC(C)(C)c1noc(C2CCNCC2)n1. The highest BCUT2D eigenvalue weighted by Gasteiger charge is 2.25. The normalized spacial score (nSPS) is 19.4. The highest BCUT2D eigenvalue weighted by molar-refractivity contribution is 5.03. The summed E-state index contributed by atoms with van der Waals surface area (Å²) in [6.07, 6.45) is 2.21. The molecule has 1 N–H and O–H groups in total. The van der Waals surface area contributed by atoms with Gasteiger partial charge in [-0.15, -0.1) is 0 Å². The third-order valence-electron chi connectivity index (χ3n) is 2.80. The zero-order chi connectivity index (χ0) is 10.9. The first-order valence-corrected chi connectivity index (χ1v) is 5.62. The van der Waals surface area contributed by atoms with Gasteiger partial charge in [-0.05, 0) is 25.9 Å². The number of nitrogens with zero attached hydrogens (tertiary/aromatic N) is 2. The van der Waals surface area contributed by atoms with E-state index in [0.29, 0.717) is 5.92 Å². The van der Waals surface area contributed by atoms with Crippen molar-refractivity contribution >= 4 is 0 Å². The molecule has 0 aromatic carbocycles. The standard InChI is InChI=1S/C11H19N3O/c1-11(2,3)10-13-9(15-14-10)8-4-6-12-7-5-8/h8,12H,4-7H2,1-3H3. The van der Waals surface area contributed by atoms with E-state index in [1.54, 1.807) is 0 Å². The molecule has 1 saturated heterocycles. The van der Waals surface area contributed by atoms with E-state index in [4.69, 9.17) is 4.52 Å². The summed E-state index contributed by atoms with van der Waals surface area (Å²) in [5, 5.41) is 7.39. The van der Waals surface area contributed by atoms with Crippen molar-refractivity contribution < 1.29 is 4.52 Å². The number of hydrogen-bond acceptors (Lipinski definition) is 4. The minimum Gasteiger partial charge on any atom is -0.339 e. The summed E-state index contributed by atoms with van der Waals surface area (Å²) in [5.74, 6) is 2.09. The zero-order valence-electron chi connectivity index (χ0n) is 9.71. The second kappa shape index (κ2) is 3.93. The molecule has 1 aromatic heterocycles. The number of nitrogens with one attached hydrogen (secondary N) is 1. The van der Waals surface area contributed by atoms with E-state index in [9.17, 15) is 0 Å². The van der Waals surface area contributed by atoms with E-state index < -0.39 is 0 Å². The van der Waals surface area contributed by atoms with Crippen LogP contribution in [-0.2, 0) is 5.41 Å². The van der Waals surface area contributed by atoms with Crippen molar-refractivity contribution in [2.75, 3.05) is 13.1 Å². The largest absolute Gasteiger partial charge is 0.339 e. The Labute approximate surface area is 90.4 Å². The van der Waals surface area contributed by atoms with Gasteiger partial charge in [-0.25, -0.2) is 0 Å².